The zero-order valence-corrected chi connectivity index (χ0v) is 15.5. The third-order valence-corrected chi connectivity index (χ3v) is 5.86. The average molecular weight is 378 g/mol. The third-order valence-electron chi connectivity index (χ3n) is 5.86. The Morgan fingerprint density at radius 3 is 2.71 bits per heavy atom. The van der Waals surface area contributed by atoms with E-state index in [1.165, 1.54) is 22.1 Å². The van der Waals surface area contributed by atoms with Gasteiger partial charge in [-0.15, -0.1) is 5.10 Å². The highest BCUT2D eigenvalue weighted by molar-refractivity contribution is 5.97. The number of fused-ring (bicyclic) bond motifs is 1. The summed E-state index contributed by atoms with van der Waals surface area (Å²) in [4.78, 5) is 17.5. The number of nitrogens with one attached hydrogen (secondary N) is 1. The maximum Gasteiger partial charge on any atom is 0.259 e. The number of aromatic amines is 1. The van der Waals surface area contributed by atoms with E-state index in [4.69, 9.17) is 0 Å². The first-order chi connectivity index (χ1) is 13.8. The molecule has 1 N–H and O–H groups in total. The lowest BCUT2D eigenvalue weighted by molar-refractivity contribution is 0.0599. The highest BCUT2D eigenvalue weighted by atomic mass is 16.2. The Morgan fingerprint density at radius 2 is 1.93 bits per heavy atom. The maximum absolute atomic E-state index is 13.0. The summed E-state index contributed by atoms with van der Waals surface area (Å²) in [6.45, 7) is 3.62. The minimum absolute atomic E-state index is 0.0262. The molecule has 2 aromatic heterocycles. The van der Waals surface area contributed by atoms with Crippen molar-refractivity contribution in [3.63, 3.8) is 0 Å². The number of rotatable bonds is 3. The van der Waals surface area contributed by atoms with Gasteiger partial charge in [-0.2, -0.15) is 9.78 Å². The van der Waals surface area contributed by atoms with Gasteiger partial charge in [0.2, 0.25) is 0 Å². The SMILES string of the molecule is O=C(c1cn[nH]c1-n1cnnn1)N1CCC(N2CCc3ccccc3C2)CC1. The van der Waals surface area contributed by atoms with Crippen LogP contribution in [0.1, 0.15) is 34.3 Å². The Balaban J connectivity index is 1.23. The normalized spacial score (nSPS) is 18.2. The smallest absolute Gasteiger partial charge is 0.259 e. The summed E-state index contributed by atoms with van der Waals surface area (Å²) in [5.41, 5.74) is 3.41. The monoisotopic (exact) mass is 378 g/mol. The number of aromatic nitrogens is 6. The summed E-state index contributed by atoms with van der Waals surface area (Å²) in [5, 5.41) is 17.9. The van der Waals surface area contributed by atoms with E-state index in [0.29, 0.717) is 17.4 Å². The molecule has 1 aromatic carbocycles. The Kier molecular flexibility index (Phi) is 4.36. The van der Waals surface area contributed by atoms with Crippen LogP contribution in [0.15, 0.2) is 36.8 Å². The minimum atomic E-state index is -0.0262. The molecular weight excluding hydrogens is 356 g/mol. The van der Waals surface area contributed by atoms with Gasteiger partial charge in [-0.1, -0.05) is 24.3 Å². The van der Waals surface area contributed by atoms with Gasteiger partial charge in [-0.3, -0.25) is 14.8 Å². The molecule has 1 fully saturated rings. The molecule has 0 unspecified atom stereocenters. The first kappa shape index (κ1) is 17.1. The van der Waals surface area contributed by atoms with Crippen LogP contribution in [0.5, 0.6) is 0 Å². The van der Waals surface area contributed by atoms with Crippen molar-refractivity contribution in [3.05, 3.63) is 53.5 Å². The Hall–Kier alpha value is -3.07. The van der Waals surface area contributed by atoms with E-state index in [9.17, 15) is 4.79 Å². The first-order valence-corrected chi connectivity index (χ1v) is 9.66. The van der Waals surface area contributed by atoms with Gasteiger partial charge in [0.15, 0.2) is 5.82 Å². The number of H-pyrrole nitrogens is 1. The lowest BCUT2D eigenvalue weighted by atomic mass is 9.95. The van der Waals surface area contributed by atoms with Gasteiger partial charge in [0.1, 0.15) is 11.9 Å². The van der Waals surface area contributed by atoms with Gasteiger partial charge >= 0.3 is 0 Å². The van der Waals surface area contributed by atoms with Crippen molar-refractivity contribution in [1.82, 2.24) is 40.2 Å². The Morgan fingerprint density at radius 1 is 1.11 bits per heavy atom. The van der Waals surface area contributed by atoms with Crippen molar-refractivity contribution in [3.8, 4) is 5.82 Å². The largest absolute Gasteiger partial charge is 0.338 e. The van der Waals surface area contributed by atoms with Crippen LogP contribution in [0.3, 0.4) is 0 Å². The van der Waals surface area contributed by atoms with E-state index in [1.54, 1.807) is 6.20 Å². The number of tetrazole rings is 1. The van der Waals surface area contributed by atoms with E-state index >= 15 is 0 Å². The Labute approximate surface area is 162 Å². The molecule has 144 valence electrons. The highest BCUT2D eigenvalue weighted by Gasteiger charge is 2.30. The molecule has 9 nitrogen and oxygen atoms in total. The standard InChI is InChI=1S/C19H22N8O/c28-19(17-11-20-22-18(17)27-13-21-23-24-27)25-9-6-16(7-10-25)26-8-5-14-3-1-2-4-15(14)12-26/h1-4,11,13,16H,5-10,12H2,(H,20,22). The highest BCUT2D eigenvalue weighted by Crippen LogP contribution is 2.25. The van der Waals surface area contributed by atoms with Crippen LogP contribution < -0.4 is 0 Å². The van der Waals surface area contributed by atoms with Crippen molar-refractivity contribution in [2.45, 2.75) is 31.8 Å². The number of likely N-dealkylation sites (tertiary alicyclic amines) is 1. The molecule has 0 aliphatic carbocycles. The van der Waals surface area contributed by atoms with Crippen LogP contribution in [0.25, 0.3) is 5.82 Å². The summed E-state index contributed by atoms with van der Waals surface area (Å²) < 4.78 is 1.43. The molecule has 3 aromatic rings. The second-order valence-corrected chi connectivity index (χ2v) is 7.40. The van der Waals surface area contributed by atoms with Crippen LogP contribution in [-0.2, 0) is 13.0 Å². The number of piperidine rings is 1. The second-order valence-electron chi connectivity index (χ2n) is 7.40. The second kappa shape index (κ2) is 7.16. The molecule has 4 heterocycles. The zero-order chi connectivity index (χ0) is 18.9. The maximum atomic E-state index is 13.0. The molecule has 28 heavy (non-hydrogen) atoms. The van der Waals surface area contributed by atoms with Crippen LogP contribution in [0, 0.1) is 0 Å². The fourth-order valence-corrected chi connectivity index (χ4v) is 4.31. The molecule has 1 amide bonds. The number of nitrogens with zero attached hydrogens (tertiary/aromatic N) is 7. The van der Waals surface area contributed by atoms with Crippen molar-refractivity contribution in [2.75, 3.05) is 19.6 Å². The van der Waals surface area contributed by atoms with Gasteiger partial charge in [0.25, 0.3) is 5.91 Å². The summed E-state index contributed by atoms with van der Waals surface area (Å²) in [6.07, 6.45) is 6.09. The molecule has 0 radical (unpaired) electrons. The molecule has 0 atom stereocenters. The molecule has 1 saturated heterocycles. The quantitative estimate of drug-likeness (QED) is 0.732. The molecule has 0 bridgehead atoms. The van der Waals surface area contributed by atoms with Gasteiger partial charge < -0.3 is 4.90 Å². The number of amides is 1. The number of carbonyl (C=O) groups excluding carboxylic acids is 1. The van der Waals surface area contributed by atoms with Gasteiger partial charge in [-0.25, -0.2) is 0 Å². The average Bonchev–Trinajstić information content (AvgIpc) is 3.44. The summed E-state index contributed by atoms with van der Waals surface area (Å²) in [5.74, 6) is 0.478. The molecule has 0 spiro atoms. The van der Waals surface area contributed by atoms with Crippen molar-refractivity contribution in [1.29, 1.82) is 0 Å². The minimum Gasteiger partial charge on any atom is -0.338 e. The third kappa shape index (κ3) is 3.07. The molecule has 0 saturated carbocycles. The van der Waals surface area contributed by atoms with Crippen molar-refractivity contribution < 1.29 is 4.79 Å². The number of hydrogen-bond donors (Lipinski definition) is 1. The molecular formula is C19H22N8O. The summed E-state index contributed by atoms with van der Waals surface area (Å²) >= 11 is 0. The molecule has 5 rings (SSSR count). The fraction of sp³-hybridized carbons (Fsp3) is 0.421. The molecule has 9 heteroatoms. The van der Waals surface area contributed by atoms with Gasteiger partial charge in [-0.05, 0) is 40.8 Å². The lowest BCUT2D eigenvalue weighted by Crippen LogP contribution is -2.48. The predicted molar refractivity (Wildman–Crippen MR) is 101 cm³/mol. The Bertz CT molecular complexity index is 958. The van der Waals surface area contributed by atoms with E-state index in [-0.39, 0.29) is 5.91 Å². The first-order valence-electron chi connectivity index (χ1n) is 9.66. The summed E-state index contributed by atoms with van der Waals surface area (Å²) in [6, 6.07) is 9.25. The van der Waals surface area contributed by atoms with E-state index in [2.05, 4.69) is 54.9 Å². The van der Waals surface area contributed by atoms with E-state index in [0.717, 1.165) is 45.4 Å². The van der Waals surface area contributed by atoms with Crippen molar-refractivity contribution in [2.24, 2.45) is 0 Å². The van der Waals surface area contributed by atoms with E-state index in [1.807, 2.05) is 4.90 Å². The van der Waals surface area contributed by atoms with Crippen molar-refractivity contribution >= 4 is 5.91 Å². The van der Waals surface area contributed by atoms with Crippen LogP contribution >= 0.6 is 0 Å². The van der Waals surface area contributed by atoms with Gasteiger partial charge in [0.05, 0.1) is 6.20 Å². The van der Waals surface area contributed by atoms with E-state index < -0.39 is 0 Å². The summed E-state index contributed by atoms with van der Waals surface area (Å²) in [7, 11) is 0. The molecule has 2 aliphatic rings. The number of hydrogen-bond acceptors (Lipinski definition) is 6. The zero-order valence-electron chi connectivity index (χ0n) is 15.5. The van der Waals surface area contributed by atoms with Crippen LogP contribution in [0.2, 0.25) is 0 Å². The van der Waals surface area contributed by atoms with Crippen LogP contribution in [-0.4, -0.2) is 71.8 Å². The fourth-order valence-electron chi connectivity index (χ4n) is 4.31. The lowest BCUT2D eigenvalue weighted by Gasteiger charge is -2.40. The number of benzene rings is 1. The topological polar surface area (TPSA) is 95.8 Å². The number of carbonyl (C=O) groups is 1. The molecule has 2 aliphatic heterocycles. The predicted octanol–water partition coefficient (Wildman–Crippen LogP) is 1.05. The van der Waals surface area contributed by atoms with Gasteiger partial charge in [0, 0.05) is 32.2 Å². The van der Waals surface area contributed by atoms with Crippen LogP contribution in [0.4, 0.5) is 0 Å².